The molecule has 2 aromatic carbocycles. The van der Waals surface area contributed by atoms with Crippen molar-refractivity contribution in [3.63, 3.8) is 0 Å². The zero-order chi connectivity index (χ0) is 39.1. The van der Waals surface area contributed by atoms with Crippen LogP contribution in [0.2, 0.25) is 0 Å². The molecule has 11 nitrogen and oxygen atoms in total. The van der Waals surface area contributed by atoms with Crippen LogP contribution >= 0.6 is 55.6 Å². The first-order valence-electron chi connectivity index (χ1n) is 19.8. The van der Waals surface area contributed by atoms with Gasteiger partial charge in [-0.2, -0.15) is 0 Å². The second kappa shape index (κ2) is 24.1. The summed E-state index contributed by atoms with van der Waals surface area (Å²) in [5, 5.41) is 15.3. The number of ether oxygens (including phenoxy) is 5. The second-order valence-corrected chi connectivity index (χ2v) is 20.9. The van der Waals surface area contributed by atoms with E-state index in [1.54, 1.807) is 0 Å². The van der Waals surface area contributed by atoms with Crippen molar-refractivity contribution in [3.8, 4) is 11.5 Å². The Balaban J connectivity index is 0.000000213. The van der Waals surface area contributed by atoms with E-state index in [-0.39, 0.29) is 12.4 Å². The monoisotopic (exact) mass is 875 g/mol. The van der Waals surface area contributed by atoms with Gasteiger partial charge >= 0.3 is 0 Å². The Hall–Kier alpha value is -1.27. The summed E-state index contributed by atoms with van der Waals surface area (Å²) in [6.45, 7) is 11.5. The lowest BCUT2D eigenvalue weighted by Crippen LogP contribution is -2.35. The molecule has 3 fully saturated rings. The third kappa shape index (κ3) is 16.8. The number of hydrogen-bond donors (Lipinski definition) is 2. The van der Waals surface area contributed by atoms with Gasteiger partial charge in [0.15, 0.2) is 0 Å². The number of halogens is 1. The summed E-state index contributed by atoms with van der Waals surface area (Å²) in [5.74, 6) is 3.15. The molecule has 3 saturated heterocycles. The van der Waals surface area contributed by atoms with Crippen LogP contribution in [0.15, 0.2) is 36.4 Å². The summed E-state index contributed by atoms with van der Waals surface area (Å²) in [5.41, 5.74) is 9.37. The van der Waals surface area contributed by atoms with Gasteiger partial charge in [0.05, 0.1) is 19.8 Å². The number of unbranched alkanes of at least 4 members (excludes halogenated alkanes) is 4. The van der Waals surface area contributed by atoms with Gasteiger partial charge in [-0.25, -0.2) is 0 Å². The Morgan fingerprint density at radius 2 is 1.43 bits per heavy atom. The number of nitrogens with one attached hydrogen (secondary N) is 1. The molecule has 2 aromatic rings. The summed E-state index contributed by atoms with van der Waals surface area (Å²) in [7, 11) is 8.14. The van der Waals surface area contributed by atoms with Crippen molar-refractivity contribution < 1.29 is 33.6 Å². The van der Waals surface area contributed by atoms with Crippen LogP contribution < -0.4 is 20.5 Å². The minimum atomic E-state index is -0.723. The quantitative estimate of drug-likeness (QED) is 0.0512. The van der Waals surface area contributed by atoms with Crippen LogP contribution in [-0.4, -0.2) is 64.9 Å². The van der Waals surface area contributed by atoms with Gasteiger partial charge in [-0.3, -0.25) is 0 Å². The van der Waals surface area contributed by atoms with Crippen molar-refractivity contribution in [1.29, 1.82) is 0 Å². The van der Waals surface area contributed by atoms with E-state index in [0.717, 1.165) is 64.8 Å². The standard InChI is InChI=1S/C20H30N2O5S2.C12H14O3.C8H17NS2.ClH/c1-20(2)25-14-16-12-15(7-8-18(16)26-20)19(27-22(23)24)13-21-10-5-3-4-6-17-9-11-28-29-17;1-12(2)14-6-9-5-8(11-7-13-11)3-4-10(9)15-12;9-6-3-1-2-4-8-5-7-10-11-8;/h7-8,12,17,19,21H,3-6,9-11,13-14H2,1-2H3;3-5,11H,6-7H2,1-2H3;8H,1-7,9H2;1H. The largest absolute Gasteiger partial charge is 0.463 e. The Bertz CT molecular complexity index is 1480. The molecule has 0 amide bonds. The van der Waals surface area contributed by atoms with Gasteiger partial charge in [0.25, 0.3) is 5.09 Å². The summed E-state index contributed by atoms with van der Waals surface area (Å²) >= 11 is 0. The highest BCUT2D eigenvalue weighted by Gasteiger charge is 2.31. The van der Waals surface area contributed by atoms with E-state index >= 15 is 0 Å². The van der Waals surface area contributed by atoms with E-state index in [1.165, 1.54) is 74.9 Å². The number of rotatable bonds is 17. The maximum absolute atomic E-state index is 11.0. The van der Waals surface area contributed by atoms with E-state index in [1.807, 2.05) is 84.3 Å². The number of fused-ring (bicyclic) bond motifs is 2. The number of nitrogens with two attached hydrogens (primary N) is 1. The van der Waals surface area contributed by atoms with E-state index in [4.69, 9.17) is 34.3 Å². The zero-order valence-corrected chi connectivity index (χ0v) is 37.4. The third-order valence-corrected chi connectivity index (χ3v) is 15.7. The number of hydrogen-bond acceptors (Lipinski definition) is 14. The van der Waals surface area contributed by atoms with Gasteiger partial charge in [0.2, 0.25) is 11.6 Å². The van der Waals surface area contributed by atoms with Crippen molar-refractivity contribution in [3.05, 3.63) is 68.8 Å². The molecule has 3 N–H and O–H groups in total. The van der Waals surface area contributed by atoms with Crippen LogP contribution in [0.4, 0.5) is 0 Å². The van der Waals surface area contributed by atoms with E-state index < -0.39 is 22.8 Å². The molecule has 5 aliphatic heterocycles. The molecule has 0 aromatic heterocycles. The van der Waals surface area contributed by atoms with Crippen LogP contribution in [0.25, 0.3) is 0 Å². The fourth-order valence-corrected chi connectivity index (χ4v) is 12.6. The SMILES string of the molecule is CC1(C)OCc2cc(C(CNCCCCCC3CCSS3)O[N+](=O)[O-])ccc2O1.CC1(C)OCc2cc(C3CO3)ccc2O1.Cl.NCCCCCC1CCSS1. The van der Waals surface area contributed by atoms with Crippen molar-refractivity contribution in [2.24, 2.45) is 5.73 Å². The lowest BCUT2D eigenvalue weighted by Gasteiger charge is -2.33. The Labute approximate surface area is 355 Å². The first kappa shape index (κ1) is 47.4. The molecule has 316 valence electrons. The van der Waals surface area contributed by atoms with Crippen LogP contribution in [0, 0.1) is 10.1 Å². The zero-order valence-electron chi connectivity index (χ0n) is 33.3. The van der Waals surface area contributed by atoms with Gasteiger partial charge < -0.3 is 39.6 Å². The second-order valence-electron chi connectivity index (χ2n) is 15.3. The Morgan fingerprint density at radius 3 is 1.96 bits per heavy atom. The van der Waals surface area contributed by atoms with E-state index in [0.29, 0.717) is 25.9 Å². The van der Waals surface area contributed by atoms with Gasteiger partial charge in [0.1, 0.15) is 23.7 Å². The summed E-state index contributed by atoms with van der Waals surface area (Å²) in [4.78, 5) is 15.9. The van der Waals surface area contributed by atoms with Crippen LogP contribution in [0.1, 0.15) is 126 Å². The highest BCUT2D eigenvalue weighted by molar-refractivity contribution is 8.77. The predicted octanol–water partition coefficient (Wildman–Crippen LogP) is 10.4. The number of nitrogens with zero attached hydrogens (tertiary/aromatic N) is 1. The maximum Gasteiger partial charge on any atom is 0.295 e. The molecular formula is C40H62ClN3O8S4. The third-order valence-electron chi connectivity index (χ3n) is 9.72. The summed E-state index contributed by atoms with van der Waals surface area (Å²) in [6.07, 6.45) is 12.5. The number of benzene rings is 2. The molecule has 5 heterocycles. The van der Waals surface area contributed by atoms with Gasteiger partial charge in [-0.15, -0.1) is 22.5 Å². The van der Waals surface area contributed by atoms with Crippen LogP contribution in [0.3, 0.4) is 0 Å². The lowest BCUT2D eigenvalue weighted by molar-refractivity contribution is -0.770. The van der Waals surface area contributed by atoms with E-state index in [9.17, 15) is 10.1 Å². The van der Waals surface area contributed by atoms with Gasteiger partial charge in [0, 0.05) is 67.4 Å². The van der Waals surface area contributed by atoms with E-state index in [2.05, 4.69) is 28.2 Å². The summed E-state index contributed by atoms with van der Waals surface area (Å²) < 4.78 is 28.0. The molecule has 56 heavy (non-hydrogen) atoms. The smallest absolute Gasteiger partial charge is 0.295 e. The van der Waals surface area contributed by atoms with Gasteiger partial charge in [-0.05, 0) is 87.0 Å². The first-order chi connectivity index (χ1) is 26.5. The fourth-order valence-electron chi connectivity index (χ4n) is 6.53. The summed E-state index contributed by atoms with van der Waals surface area (Å²) in [6, 6.07) is 11.7. The van der Waals surface area contributed by atoms with Crippen LogP contribution in [-0.2, 0) is 32.3 Å². The molecule has 7 rings (SSSR count). The Kier molecular flexibility index (Phi) is 20.4. The van der Waals surface area contributed by atoms with Gasteiger partial charge in [-0.1, -0.05) is 81.0 Å². The fraction of sp³-hybridized carbons (Fsp3) is 0.700. The predicted molar refractivity (Wildman–Crippen MR) is 234 cm³/mol. The van der Waals surface area contributed by atoms with Crippen molar-refractivity contribution in [2.45, 2.75) is 139 Å². The van der Waals surface area contributed by atoms with Crippen molar-refractivity contribution >= 4 is 55.6 Å². The normalized spacial score (nSPS) is 22.9. The van der Waals surface area contributed by atoms with Crippen molar-refractivity contribution in [1.82, 2.24) is 5.32 Å². The molecule has 16 heteroatoms. The molecule has 0 aliphatic carbocycles. The average Bonchev–Trinajstić information content (AvgIpc) is 3.61. The lowest BCUT2D eigenvalue weighted by atomic mass is 10.0. The molecular weight excluding hydrogens is 814 g/mol. The first-order valence-corrected chi connectivity index (χ1v) is 24.6. The Morgan fingerprint density at radius 1 is 0.857 bits per heavy atom. The minimum absolute atomic E-state index is 0. The molecule has 0 saturated carbocycles. The highest BCUT2D eigenvalue weighted by Crippen LogP contribution is 2.41. The van der Waals surface area contributed by atoms with Crippen LogP contribution in [0.5, 0.6) is 11.5 Å². The molecule has 4 atom stereocenters. The average molecular weight is 877 g/mol. The molecule has 0 spiro atoms. The van der Waals surface area contributed by atoms with Crippen molar-refractivity contribution in [2.75, 3.05) is 37.7 Å². The minimum Gasteiger partial charge on any atom is -0.463 e. The molecule has 0 radical (unpaired) electrons. The highest BCUT2D eigenvalue weighted by atomic mass is 35.5. The topological polar surface area (TPSA) is 140 Å². The maximum atomic E-state index is 11.0. The molecule has 4 unspecified atom stereocenters. The number of epoxide rings is 1. The molecule has 0 bridgehead atoms. The molecule has 5 aliphatic rings.